The maximum absolute atomic E-state index is 12.2. The number of rotatable bonds is 5. The summed E-state index contributed by atoms with van der Waals surface area (Å²) in [5.74, 6) is -1.94. The van der Waals surface area contributed by atoms with Crippen molar-refractivity contribution in [3.05, 3.63) is 39.9 Å². The van der Waals surface area contributed by atoms with Gasteiger partial charge in [-0.3, -0.25) is 14.9 Å². The molecule has 1 aromatic rings. The first-order valence-electron chi connectivity index (χ1n) is 7.28. The van der Waals surface area contributed by atoms with Gasteiger partial charge in [0.1, 0.15) is 11.6 Å². The van der Waals surface area contributed by atoms with Crippen LogP contribution in [0.4, 0.5) is 5.69 Å². The van der Waals surface area contributed by atoms with E-state index in [2.05, 4.69) is 5.32 Å². The number of para-hydroxylation sites is 1. The lowest BCUT2D eigenvalue weighted by atomic mass is 9.84. The van der Waals surface area contributed by atoms with Gasteiger partial charge in [0.2, 0.25) is 0 Å². The van der Waals surface area contributed by atoms with Crippen LogP contribution in [0.1, 0.15) is 42.5 Å². The van der Waals surface area contributed by atoms with Crippen molar-refractivity contribution < 1.29 is 19.6 Å². The molecular formula is C15H18N2O5. The highest BCUT2D eigenvalue weighted by Crippen LogP contribution is 2.27. The van der Waals surface area contributed by atoms with Crippen LogP contribution in [0.15, 0.2) is 24.3 Å². The summed E-state index contributed by atoms with van der Waals surface area (Å²) in [5, 5.41) is 22.8. The van der Waals surface area contributed by atoms with Gasteiger partial charge in [0, 0.05) is 6.07 Å². The highest BCUT2D eigenvalue weighted by molar-refractivity contribution is 6.00. The number of carboxylic acid groups (broad SMARTS) is 1. The van der Waals surface area contributed by atoms with E-state index in [1.165, 1.54) is 24.3 Å². The van der Waals surface area contributed by atoms with E-state index in [0.29, 0.717) is 0 Å². The summed E-state index contributed by atoms with van der Waals surface area (Å²) in [6.45, 7) is 0. The van der Waals surface area contributed by atoms with Crippen LogP contribution >= 0.6 is 0 Å². The summed E-state index contributed by atoms with van der Waals surface area (Å²) < 4.78 is 0. The second-order valence-electron chi connectivity index (χ2n) is 5.46. The summed E-state index contributed by atoms with van der Waals surface area (Å²) in [5.41, 5.74) is -0.442. The van der Waals surface area contributed by atoms with Gasteiger partial charge in [0.05, 0.1) is 4.92 Å². The first-order chi connectivity index (χ1) is 10.5. The van der Waals surface area contributed by atoms with E-state index in [4.69, 9.17) is 0 Å². The molecule has 2 N–H and O–H groups in total. The Morgan fingerprint density at radius 2 is 1.86 bits per heavy atom. The quantitative estimate of drug-likeness (QED) is 0.641. The Balaban J connectivity index is 2.18. The molecule has 7 heteroatoms. The van der Waals surface area contributed by atoms with Crippen LogP contribution in [0.3, 0.4) is 0 Å². The summed E-state index contributed by atoms with van der Waals surface area (Å²) in [4.78, 5) is 34.0. The first-order valence-corrected chi connectivity index (χ1v) is 7.28. The van der Waals surface area contributed by atoms with E-state index in [9.17, 15) is 24.8 Å². The van der Waals surface area contributed by atoms with Crippen LogP contribution in [-0.4, -0.2) is 27.9 Å². The van der Waals surface area contributed by atoms with Crippen LogP contribution in [-0.2, 0) is 4.79 Å². The Hall–Kier alpha value is -2.44. The Bertz CT molecular complexity index is 581. The fourth-order valence-corrected chi connectivity index (χ4v) is 2.89. The number of nitrogens with zero attached hydrogens (tertiary/aromatic N) is 1. The molecule has 1 atom stereocenters. The van der Waals surface area contributed by atoms with Gasteiger partial charge in [0.25, 0.3) is 11.6 Å². The van der Waals surface area contributed by atoms with Gasteiger partial charge in [0.15, 0.2) is 0 Å². The number of benzene rings is 1. The molecule has 118 valence electrons. The topological polar surface area (TPSA) is 110 Å². The van der Waals surface area contributed by atoms with Gasteiger partial charge < -0.3 is 10.4 Å². The number of nitrogens with one attached hydrogen (secondary N) is 1. The molecule has 0 spiro atoms. The zero-order chi connectivity index (χ0) is 16.1. The van der Waals surface area contributed by atoms with Crippen LogP contribution in [0.25, 0.3) is 0 Å². The minimum absolute atomic E-state index is 0.116. The summed E-state index contributed by atoms with van der Waals surface area (Å²) in [7, 11) is 0. The molecule has 7 nitrogen and oxygen atoms in total. The number of aliphatic carboxylic acids is 1. The molecule has 0 saturated heterocycles. The van der Waals surface area contributed by atoms with E-state index in [-0.39, 0.29) is 17.2 Å². The molecule has 1 amide bonds. The van der Waals surface area contributed by atoms with Gasteiger partial charge in [-0.1, -0.05) is 31.4 Å². The molecule has 1 aromatic carbocycles. The lowest BCUT2D eigenvalue weighted by Crippen LogP contribution is -2.46. The van der Waals surface area contributed by atoms with E-state index in [0.717, 1.165) is 32.1 Å². The van der Waals surface area contributed by atoms with Crippen molar-refractivity contribution in [2.45, 2.75) is 38.1 Å². The molecule has 0 aliphatic heterocycles. The Morgan fingerprint density at radius 1 is 1.23 bits per heavy atom. The third kappa shape index (κ3) is 3.60. The Labute approximate surface area is 127 Å². The zero-order valence-electron chi connectivity index (χ0n) is 12.0. The maximum atomic E-state index is 12.2. The van der Waals surface area contributed by atoms with Crippen molar-refractivity contribution in [3.63, 3.8) is 0 Å². The number of hydrogen-bond donors (Lipinski definition) is 2. The lowest BCUT2D eigenvalue weighted by Gasteiger charge is -2.27. The fraction of sp³-hybridized carbons (Fsp3) is 0.467. The molecule has 1 aliphatic rings. The third-order valence-corrected chi connectivity index (χ3v) is 4.02. The molecule has 1 fully saturated rings. The monoisotopic (exact) mass is 306 g/mol. The average Bonchev–Trinajstić information content (AvgIpc) is 2.52. The van der Waals surface area contributed by atoms with E-state index in [1.807, 2.05) is 0 Å². The van der Waals surface area contributed by atoms with Crippen molar-refractivity contribution in [1.82, 2.24) is 5.32 Å². The molecule has 0 heterocycles. The maximum Gasteiger partial charge on any atom is 0.326 e. The Kier molecular flexibility index (Phi) is 5.08. The summed E-state index contributed by atoms with van der Waals surface area (Å²) in [6.07, 6.45) is 4.44. The normalized spacial score (nSPS) is 16.7. The average molecular weight is 306 g/mol. The predicted molar refractivity (Wildman–Crippen MR) is 78.6 cm³/mol. The predicted octanol–water partition coefficient (Wildman–Crippen LogP) is 2.36. The second kappa shape index (κ2) is 7.02. The zero-order valence-corrected chi connectivity index (χ0v) is 12.0. The van der Waals surface area contributed by atoms with Crippen LogP contribution < -0.4 is 5.32 Å². The Morgan fingerprint density at radius 3 is 2.45 bits per heavy atom. The fourth-order valence-electron chi connectivity index (χ4n) is 2.89. The lowest BCUT2D eigenvalue weighted by molar-refractivity contribution is -0.385. The number of nitro groups is 1. The second-order valence-corrected chi connectivity index (χ2v) is 5.46. The van der Waals surface area contributed by atoms with Crippen molar-refractivity contribution >= 4 is 17.6 Å². The number of carbonyl (C=O) groups excluding carboxylic acids is 1. The smallest absolute Gasteiger partial charge is 0.326 e. The molecule has 2 rings (SSSR count). The SMILES string of the molecule is O=C(N[C@@H](C(=O)O)C1CCCCC1)c1ccccc1[N+](=O)[O-]. The van der Waals surface area contributed by atoms with Gasteiger partial charge in [-0.2, -0.15) is 0 Å². The minimum atomic E-state index is -1.10. The van der Waals surface area contributed by atoms with Crippen molar-refractivity contribution in [1.29, 1.82) is 0 Å². The molecule has 1 saturated carbocycles. The molecule has 0 bridgehead atoms. The standard InChI is InChI=1S/C15H18N2O5/c18-14(11-8-4-5-9-12(11)17(21)22)16-13(15(19)20)10-6-2-1-3-7-10/h4-5,8-10,13H,1-3,6-7H2,(H,16,18)(H,19,20)/t13-/m1/s1. The van der Waals surface area contributed by atoms with E-state index in [1.54, 1.807) is 0 Å². The summed E-state index contributed by atoms with van der Waals surface area (Å²) >= 11 is 0. The van der Waals surface area contributed by atoms with Gasteiger partial charge >= 0.3 is 5.97 Å². The van der Waals surface area contributed by atoms with E-state index < -0.39 is 22.8 Å². The molecule has 0 radical (unpaired) electrons. The minimum Gasteiger partial charge on any atom is -0.480 e. The largest absolute Gasteiger partial charge is 0.480 e. The number of nitro benzene ring substituents is 1. The van der Waals surface area contributed by atoms with Crippen LogP contribution in [0, 0.1) is 16.0 Å². The highest BCUT2D eigenvalue weighted by Gasteiger charge is 2.32. The number of carbonyl (C=O) groups is 2. The molecule has 22 heavy (non-hydrogen) atoms. The third-order valence-electron chi connectivity index (χ3n) is 4.02. The first kappa shape index (κ1) is 15.9. The van der Waals surface area contributed by atoms with Gasteiger partial charge in [-0.05, 0) is 24.8 Å². The number of amides is 1. The molecule has 0 aromatic heterocycles. The van der Waals surface area contributed by atoms with Crippen LogP contribution in [0.2, 0.25) is 0 Å². The summed E-state index contributed by atoms with van der Waals surface area (Å²) in [6, 6.07) is 4.52. The molecule has 0 unspecified atom stereocenters. The highest BCUT2D eigenvalue weighted by atomic mass is 16.6. The van der Waals surface area contributed by atoms with Gasteiger partial charge in [-0.15, -0.1) is 0 Å². The number of carboxylic acids is 1. The molecule has 1 aliphatic carbocycles. The van der Waals surface area contributed by atoms with Gasteiger partial charge in [-0.25, -0.2) is 4.79 Å². The van der Waals surface area contributed by atoms with Crippen molar-refractivity contribution in [3.8, 4) is 0 Å². The van der Waals surface area contributed by atoms with E-state index >= 15 is 0 Å². The van der Waals surface area contributed by atoms with Crippen molar-refractivity contribution in [2.75, 3.05) is 0 Å². The van der Waals surface area contributed by atoms with Crippen LogP contribution in [0.5, 0.6) is 0 Å². The molecular weight excluding hydrogens is 288 g/mol. The van der Waals surface area contributed by atoms with Crippen molar-refractivity contribution in [2.24, 2.45) is 5.92 Å². The number of hydrogen-bond acceptors (Lipinski definition) is 4.